The van der Waals surface area contributed by atoms with Crippen molar-refractivity contribution in [2.24, 2.45) is 0 Å². The summed E-state index contributed by atoms with van der Waals surface area (Å²) < 4.78 is 10.0. The van der Waals surface area contributed by atoms with Crippen molar-refractivity contribution >= 4 is 11.7 Å². The van der Waals surface area contributed by atoms with E-state index in [0.29, 0.717) is 11.3 Å². The third-order valence-electron chi connectivity index (χ3n) is 2.49. The van der Waals surface area contributed by atoms with Crippen molar-refractivity contribution in [3.05, 3.63) is 52.3 Å². The molecule has 2 rings (SSSR count). The molecule has 0 saturated carbocycles. The topological polar surface area (TPSA) is 103 Å². The molecule has 1 aromatic carbocycles. The summed E-state index contributed by atoms with van der Waals surface area (Å²) in [6.07, 6.45) is 0. The van der Waals surface area contributed by atoms with E-state index in [0.717, 1.165) is 0 Å². The molecule has 0 saturated heterocycles. The van der Waals surface area contributed by atoms with E-state index < -0.39 is 10.9 Å². The van der Waals surface area contributed by atoms with Crippen molar-refractivity contribution < 1.29 is 24.0 Å². The molecule has 0 fully saturated rings. The molecule has 0 aliphatic heterocycles. The predicted octanol–water partition coefficient (Wildman–Crippen LogP) is 2.00. The second-order valence-electron chi connectivity index (χ2n) is 3.83. The highest BCUT2D eigenvalue weighted by Crippen LogP contribution is 2.24. The maximum absolute atomic E-state index is 11.5. The van der Waals surface area contributed by atoms with Crippen LogP contribution in [0.2, 0.25) is 0 Å². The van der Waals surface area contributed by atoms with Crippen molar-refractivity contribution in [3.8, 4) is 11.3 Å². The van der Waals surface area contributed by atoms with Gasteiger partial charge >= 0.3 is 5.97 Å². The monoisotopic (exact) mass is 277 g/mol. The van der Waals surface area contributed by atoms with Crippen LogP contribution >= 0.6 is 0 Å². The summed E-state index contributed by atoms with van der Waals surface area (Å²) in [5.74, 6) is -0.269. The molecule has 7 heteroatoms. The van der Waals surface area contributed by atoms with Gasteiger partial charge in [-0.2, -0.15) is 0 Å². The highest BCUT2D eigenvalue weighted by atomic mass is 16.6. The molecule has 0 amide bonds. The Kier molecular flexibility index (Phi) is 4.11. The fraction of sp³-hybridized carbons (Fsp3) is 0.154. The lowest BCUT2D eigenvalue weighted by molar-refractivity contribution is -0.384. The van der Waals surface area contributed by atoms with E-state index in [2.05, 4.69) is 0 Å². The number of aliphatic hydroxyl groups excluding tert-OH is 1. The van der Waals surface area contributed by atoms with Crippen LogP contribution < -0.4 is 0 Å². The third-order valence-corrected chi connectivity index (χ3v) is 2.49. The van der Waals surface area contributed by atoms with Gasteiger partial charge < -0.3 is 14.3 Å². The number of nitro groups is 1. The number of non-ortho nitro benzene ring substituents is 1. The molecule has 1 heterocycles. The number of hydrogen-bond donors (Lipinski definition) is 1. The minimum Gasteiger partial charge on any atom is -0.457 e. The molecular weight excluding hydrogens is 266 g/mol. The minimum absolute atomic E-state index is 0.00630. The fourth-order valence-corrected chi connectivity index (χ4v) is 1.56. The van der Waals surface area contributed by atoms with E-state index >= 15 is 0 Å². The maximum Gasteiger partial charge on any atom is 0.374 e. The molecule has 0 unspecified atom stereocenters. The zero-order chi connectivity index (χ0) is 14.5. The smallest absolute Gasteiger partial charge is 0.374 e. The molecule has 0 spiro atoms. The van der Waals surface area contributed by atoms with E-state index in [4.69, 9.17) is 14.3 Å². The van der Waals surface area contributed by atoms with Gasteiger partial charge in [0.2, 0.25) is 5.76 Å². The van der Waals surface area contributed by atoms with Crippen LogP contribution in [0.25, 0.3) is 11.3 Å². The number of carbonyl (C=O) groups is 1. The normalized spacial score (nSPS) is 10.2. The van der Waals surface area contributed by atoms with Gasteiger partial charge in [-0.05, 0) is 24.3 Å². The molecule has 1 aromatic heterocycles. The van der Waals surface area contributed by atoms with Crippen LogP contribution in [0.4, 0.5) is 5.69 Å². The predicted molar refractivity (Wildman–Crippen MR) is 68.2 cm³/mol. The van der Waals surface area contributed by atoms with Crippen LogP contribution in [-0.4, -0.2) is 29.2 Å². The first-order valence-electron chi connectivity index (χ1n) is 5.74. The first-order chi connectivity index (χ1) is 9.61. The van der Waals surface area contributed by atoms with Crippen LogP contribution in [0.5, 0.6) is 0 Å². The highest BCUT2D eigenvalue weighted by molar-refractivity contribution is 5.87. The van der Waals surface area contributed by atoms with Crippen molar-refractivity contribution in [1.82, 2.24) is 0 Å². The average molecular weight is 277 g/mol. The first kappa shape index (κ1) is 13.8. The summed E-state index contributed by atoms with van der Waals surface area (Å²) in [7, 11) is 0. The van der Waals surface area contributed by atoms with Gasteiger partial charge in [-0.3, -0.25) is 10.1 Å². The Balaban J connectivity index is 2.16. The van der Waals surface area contributed by atoms with E-state index in [1.54, 1.807) is 6.07 Å². The van der Waals surface area contributed by atoms with Gasteiger partial charge in [-0.15, -0.1) is 0 Å². The van der Waals surface area contributed by atoms with Crippen LogP contribution in [0, 0.1) is 10.1 Å². The zero-order valence-electron chi connectivity index (χ0n) is 10.3. The van der Waals surface area contributed by atoms with Gasteiger partial charge in [-0.1, -0.05) is 0 Å². The second-order valence-corrected chi connectivity index (χ2v) is 3.83. The summed E-state index contributed by atoms with van der Waals surface area (Å²) in [5.41, 5.74) is 0.583. The highest BCUT2D eigenvalue weighted by Gasteiger charge is 2.14. The number of benzene rings is 1. The second kappa shape index (κ2) is 5.98. The lowest BCUT2D eigenvalue weighted by atomic mass is 10.1. The number of esters is 1. The number of furan rings is 1. The Hall–Kier alpha value is -2.67. The largest absolute Gasteiger partial charge is 0.457 e. The molecule has 0 radical (unpaired) electrons. The third kappa shape index (κ3) is 3.01. The van der Waals surface area contributed by atoms with Crippen molar-refractivity contribution in [2.45, 2.75) is 0 Å². The fourth-order valence-electron chi connectivity index (χ4n) is 1.56. The van der Waals surface area contributed by atoms with Crippen LogP contribution in [0.3, 0.4) is 0 Å². The Morgan fingerprint density at radius 1 is 1.25 bits per heavy atom. The number of nitrogens with zero attached hydrogens (tertiary/aromatic N) is 1. The van der Waals surface area contributed by atoms with E-state index in [1.165, 1.54) is 30.3 Å². The van der Waals surface area contributed by atoms with E-state index in [1.807, 2.05) is 0 Å². The lowest BCUT2D eigenvalue weighted by Gasteiger charge is -1.99. The van der Waals surface area contributed by atoms with Crippen LogP contribution in [0.15, 0.2) is 40.8 Å². The molecule has 2 aromatic rings. The summed E-state index contributed by atoms with van der Waals surface area (Å²) in [6, 6.07) is 8.76. The van der Waals surface area contributed by atoms with Gasteiger partial charge in [0.05, 0.1) is 11.5 Å². The van der Waals surface area contributed by atoms with Crippen molar-refractivity contribution in [1.29, 1.82) is 0 Å². The molecular formula is C13H11NO6. The van der Waals surface area contributed by atoms with Gasteiger partial charge in [0, 0.05) is 17.7 Å². The molecule has 0 aliphatic carbocycles. The van der Waals surface area contributed by atoms with Crippen LogP contribution in [-0.2, 0) is 4.74 Å². The average Bonchev–Trinajstić information content (AvgIpc) is 2.94. The van der Waals surface area contributed by atoms with Crippen molar-refractivity contribution in [3.63, 3.8) is 0 Å². The number of nitro benzene ring substituents is 1. The molecule has 0 atom stereocenters. The Bertz CT molecular complexity index is 616. The van der Waals surface area contributed by atoms with Gasteiger partial charge in [0.25, 0.3) is 5.69 Å². The molecule has 1 N–H and O–H groups in total. The van der Waals surface area contributed by atoms with Gasteiger partial charge in [-0.25, -0.2) is 4.79 Å². The molecule has 104 valence electrons. The number of aliphatic hydroxyl groups is 1. The maximum atomic E-state index is 11.5. The number of hydrogen-bond acceptors (Lipinski definition) is 6. The molecule has 20 heavy (non-hydrogen) atoms. The van der Waals surface area contributed by atoms with Crippen molar-refractivity contribution in [2.75, 3.05) is 13.2 Å². The summed E-state index contributed by atoms with van der Waals surface area (Å²) >= 11 is 0. The Morgan fingerprint density at radius 3 is 2.55 bits per heavy atom. The summed E-state index contributed by atoms with van der Waals surface area (Å²) in [4.78, 5) is 21.5. The lowest BCUT2D eigenvalue weighted by Crippen LogP contribution is -2.07. The first-order valence-corrected chi connectivity index (χ1v) is 5.74. The van der Waals surface area contributed by atoms with E-state index in [9.17, 15) is 14.9 Å². The number of ether oxygens (including phenoxy) is 1. The summed E-state index contributed by atoms with van der Waals surface area (Å²) in [6.45, 7) is -0.367. The SMILES string of the molecule is O=C(OCCO)c1ccc(-c2ccc([N+](=O)[O-])cc2)o1. The van der Waals surface area contributed by atoms with Gasteiger partial charge in [0.1, 0.15) is 12.4 Å². The van der Waals surface area contributed by atoms with Gasteiger partial charge in [0.15, 0.2) is 0 Å². The molecule has 0 aliphatic rings. The standard InChI is InChI=1S/C13H11NO6/c15-7-8-19-13(16)12-6-5-11(20-12)9-1-3-10(4-2-9)14(17)18/h1-6,15H,7-8H2. The van der Waals surface area contributed by atoms with Crippen LogP contribution in [0.1, 0.15) is 10.6 Å². The Morgan fingerprint density at radius 2 is 1.95 bits per heavy atom. The zero-order valence-corrected chi connectivity index (χ0v) is 10.3. The minimum atomic E-state index is -0.674. The number of rotatable bonds is 5. The molecule has 0 bridgehead atoms. The summed E-state index contributed by atoms with van der Waals surface area (Å²) in [5, 5.41) is 19.1. The van der Waals surface area contributed by atoms with E-state index in [-0.39, 0.29) is 24.7 Å². The quantitative estimate of drug-likeness (QED) is 0.509. The number of carbonyl (C=O) groups excluding carboxylic acids is 1. The Labute approximate surface area is 113 Å². The molecule has 7 nitrogen and oxygen atoms in total.